The molecule has 2 amide bonds. The predicted molar refractivity (Wildman–Crippen MR) is 97.6 cm³/mol. The van der Waals surface area contributed by atoms with E-state index in [0.29, 0.717) is 11.0 Å². The van der Waals surface area contributed by atoms with Crippen LogP contribution in [-0.2, 0) is 5.41 Å². The lowest BCUT2D eigenvalue weighted by Crippen LogP contribution is -2.40. The maximum Gasteiger partial charge on any atom is 0.323 e. The Kier molecular flexibility index (Phi) is 4.85. The fraction of sp³-hybridized carbons (Fsp3) is 0.500. The van der Waals surface area contributed by atoms with Crippen LogP contribution in [0.2, 0.25) is 0 Å². The SMILES string of the molecule is CC(C)(C)c1cnc(NC(=O)N2CCC(c3ccncc3)CC2)s1. The van der Waals surface area contributed by atoms with E-state index in [4.69, 9.17) is 0 Å². The third-order valence-corrected chi connectivity index (χ3v) is 5.76. The number of rotatable bonds is 2. The van der Waals surface area contributed by atoms with Gasteiger partial charge in [0.05, 0.1) is 0 Å². The van der Waals surface area contributed by atoms with Gasteiger partial charge >= 0.3 is 6.03 Å². The van der Waals surface area contributed by atoms with E-state index in [0.717, 1.165) is 25.9 Å². The summed E-state index contributed by atoms with van der Waals surface area (Å²) in [6.45, 7) is 7.99. The standard InChI is InChI=1S/C18H24N4OS/c1-18(2,3)15-12-20-16(24-15)21-17(23)22-10-6-14(7-11-22)13-4-8-19-9-5-13/h4-5,8-9,12,14H,6-7,10-11H2,1-3H3,(H,20,21,23). The van der Waals surface area contributed by atoms with Crippen molar-refractivity contribution in [1.82, 2.24) is 14.9 Å². The van der Waals surface area contributed by atoms with Crippen molar-refractivity contribution in [2.24, 2.45) is 0 Å². The van der Waals surface area contributed by atoms with Crippen molar-refractivity contribution >= 4 is 22.5 Å². The molecule has 0 spiro atoms. The molecule has 0 aliphatic carbocycles. The molecule has 2 aromatic rings. The van der Waals surface area contributed by atoms with Gasteiger partial charge in [-0.1, -0.05) is 20.8 Å². The van der Waals surface area contributed by atoms with Crippen LogP contribution in [0.5, 0.6) is 0 Å². The number of hydrogen-bond donors (Lipinski definition) is 1. The van der Waals surface area contributed by atoms with Gasteiger partial charge < -0.3 is 4.90 Å². The number of hydrogen-bond acceptors (Lipinski definition) is 4. The molecular weight excluding hydrogens is 320 g/mol. The second kappa shape index (κ2) is 6.89. The molecule has 0 saturated carbocycles. The average Bonchev–Trinajstić information content (AvgIpc) is 3.05. The molecule has 0 radical (unpaired) electrons. The first-order chi connectivity index (χ1) is 11.4. The minimum absolute atomic E-state index is 0.0435. The normalized spacial score (nSPS) is 16.2. The van der Waals surface area contributed by atoms with Crippen molar-refractivity contribution in [3.8, 4) is 0 Å². The smallest absolute Gasteiger partial charge is 0.323 e. The fourth-order valence-corrected chi connectivity index (χ4v) is 3.76. The van der Waals surface area contributed by atoms with Gasteiger partial charge in [-0.25, -0.2) is 9.78 Å². The van der Waals surface area contributed by atoms with E-state index in [-0.39, 0.29) is 11.4 Å². The van der Waals surface area contributed by atoms with Gasteiger partial charge in [0.25, 0.3) is 0 Å². The van der Waals surface area contributed by atoms with Crippen molar-refractivity contribution < 1.29 is 4.79 Å². The molecule has 1 N–H and O–H groups in total. The van der Waals surface area contributed by atoms with E-state index in [1.54, 1.807) is 11.3 Å². The van der Waals surface area contributed by atoms with E-state index < -0.39 is 0 Å². The Morgan fingerprint density at radius 2 is 1.92 bits per heavy atom. The minimum atomic E-state index is -0.0435. The number of nitrogens with one attached hydrogen (secondary N) is 1. The number of amides is 2. The van der Waals surface area contributed by atoms with E-state index in [1.807, 2.05) is 23.5 Å². The third-order valence-electron chi connectivity index (χ3n) is 4.42. The van der Waals surface area contributed by atoms with Crippen LogP contribution in [0.15, 0.2) is 30.7 Å². The molecule has 0 bridgehead atoms. The lowest BCUT2D eigenvalue weighted by atomic mass is 9.90. The Labute approximate surface area is 147 Å². The highest BCUT2D eigenvalue weighted by Crippen LogP contribution is 2.31. The van der Waals surface area contributed by atoms with Gasteiger partial charge in [-0.2, -0.15) is 0 Å². The monoisotopic (exact) mass is 344 g/mol. The second-order valence-corrected chi connectivity index (χ2v) is 8.28. The summed E-state index contributed by atoms with van der Waals surface area (Å²) in [5.41, 5.74) is 1.38. The lowest BCUT2D eigenvalue weighted by Gasteiger charge is -2.31. The minimum Gasteiger partial charge on any atom is -0.324 e. The molecule has 6 heteroatoms. The molecule has 2 aromatic heterocycles. The van der Waals surface area contributed by atoms with Crippen LogP contribution in [0.1, 0.15) is 50.0 Å². The van der Waals surface area contributed by atoms with Crippen molar-refractivity contribution in [2.45, 2.75) is 44.9 Å². The zero-order valence-corrected chi connectivity index (χ0v) is 15.3. The highest BCUT2D eigenvalue weighted by atomic mass is 32.1. The summed E-state index contributed by atoms with van der Waals surface area (Å²) in [6.07, 6.45) is 7.51. The predicted octanol–water partition coefficient (Wildman–Crippen LogP) is 4.25. The van der Waals surface area contributed by atoms with Crippen molar-refractivity contribution in [1.29, 1.82) is 0 Å². The number of piperidine rings is 1. The van der Waals surface area contributed by atoms with Gasteiger partial charge in [0.15, 0.2) is 5.13 Å². The summed E-state index contributed by atoms with van der Waals surface area (Å²) >= 11 is 1.55. The van der Waals surface area contributed by atoms with E-state index >= 15 is 0 Å². The number of urea groups is 1. The Hall–Kier alpha value is -1.95. The van der Waals surface area contributed by atoms with Gasteiger partial charge in [0.2, 0.25) is 0 Å². The molecule has 24 heavy (non-hydrogen) atoms. The number of anilines is 1. The van der Waals surface area contributed by atoms with Crippen LogP contribution in [-0.4, -0.2) is 34.0 Å². The summed E-state index contributed by atoms with van der Waals surface area (Å²) in [7, 11) is 0. The Morgan fingerprint density at radius 3 is 2.50 bits per heavy atom. The van der Waals surface area contributed by atoms with Crippen LogP contribution in [0.25, 0.3) is 0 Å². The van der Waals surface area contributed by atoms with Gasteiger partial charge in [-0.15, -0.1) is 11.3 Å². The van der Waals surface area contributed by atoms with E-state index in [2.05, 4.69) is 48.2 Å². The molecule has 1 saturated heterocycles. The maximum absolute atomic E-state index is 12.4. The molecule has 3 rings (SSSR count). The fourth-order valence-electron chi connectivity index (χ4n) is 2.90. The van der Waals surface area contributed by atoms with Gasteiger partial charge in [-0.3, -0.25) is 10.3 Å². The number of thiazole rings is 1. The molecule has 1 fully saturated rings. The van der Waals surface area contributed by atoms with Crippen molar-refractivity contribution in [2.75, 3.05) is 18.4 Å². The number of carbonyl (C=O) groups is 1. The molecule has 1 aliphatic heterocycles. The first-order valence-corrected chi connectivity index (χ1v) is 9.17. The summed E-state index contributed by atoms with van der Waals surface area (Å²) in [5.74, 6) is 0.518. The van der Waals surface area contributed by atoms with Crippen molar-refractivity contribution in [3.63, 3.8) is 0 Å². The van der Waals surface area contributed by atoms with Crippen LogP contribution in [0.3, 0.4) is 0 Å². The highest BCUT2D eigenvalue weighted by Gasteiger charge is 2.25. The Bertz CT molecular complexity index is 685. The topological polar surface area (TPSA) is 58.1 Å². The number of likely N-dealkylation sites (tertiary alicyclic amines) is 1. The molecule has 0 atom stereocenters. The highest BCUT2D eigenvalue weighted by molar-refractivity contribution is 7.15. The lowest BCUT2D eigenvalue weighted by molar-refractivity contribution is 0.194. The number of aromatic nitrogens is 2. The summed E-state index contributed by atoms with van der Waals surface area (Å²) in [4.78, 5) is 23.9. The molecule has 128 valence electrons. The Morgan fingerprint density at radius 1 is 1.25 bits per heavy atom. The molecule has 5 nitrogen and oxygen atoms in total. The van der Waals surface area contributed by atoms with Crippen LogP contribution in [0, 0.1) is 0 Å². The largest absolute Gasteiger partial charge is 0.324 e. The number of carbonyl (C=O) groups excluding carboxylic acids is 1. The van der Waals surface area contributed by atoms with Gasteiger partial charge in [0, 0.05) is 36.6 Å². The van der Waals surface area contributed by atoms with Gasteiger partial charge in [0.1, 0.15) is 0 Å². The quantitative estimate of drug-likeness (QED) is 0.886. The number of nitrogens with zero attached hydrogens (tertiary/aromatic N) is 3. The van der Waals surface area contributed by atoms with Crippen LogP contribution in [0.4, 0.5) is 9.93 Å². The zero-order chi connectivity index (χ0) is 17.2. The second-order valence-electron chi connectivity index (χ2n) is 7.25. The summed E-state index contributed by atoms with van der Waals surface area (Å²) < 4.78 is 0. The van der Waals surface area contributed by atoms with E-state index in [9.17, 15) is 4.79 Å². The van der Waals surface area contributed by atoms with Crippen molar-refractivity contribution in [3.05, 3.63) is 41.2 Å². The summed E-state index contributed by atoms with van der Waals surface area (Å²) in [6, 6.07) is 4.10. The molecular formula is C18H24N4OS. The van der Waals surface area contributed by atoms with E-state index in [1.165, 1.54) is 10.4 Å². The van der Waals surface area contributed by atoms with Crippen LogP contribution >= 0.6 is 11.3 Å². The third kappa shape index (κ3) is 3.93. The molecule has 3 heterocycles. The van der Waals surface area contributed by atoms with Crippen LogP contribution < -0.4 is 5.32 Å². The van der Waals surface area contributed by atoms with Gasteiger partial charge in [-0.05, 0) is 41.9 Å². The number of pyridine rings is 1. The molecule has 1 aliphatic rings. The first-order valence-electron chi connectivity index (χ1n) is 8.35. The average molecular weight is 344 g/mol. The summed E-state index contributed by atoms with van der Waals surface area (Å²) in [5, 5.41) is 3.62. The maximum atomic E-state index is 12.4. The Balaban J connectivity index is 1.55. The molecule has 0 unspecified atom stereocenters. The first kappa shape index (κ1) is 16.9. The molecule has 0 aromatic carbocycles. The zero-order valence-electron chi connectivity index (χ0n) is 14.5.